The maximum Gasteiger partial charge on any atom is 0.264 e. The fraction of sp³-hybridized carbons (Fsp3) is 0.138. The number of carbonyl (C=O) groups excluding carboxylic acids is 1. The van der Waals surface area contributed by atoms with Gasteiger partial charge in [0.15, 0.2) is 0 Å². The molecule has 1 amide bonds. The van der Waals surface area contributed by atoms with Gasteiger partial charge in [0.05, 0.1) is 10.6 Å². The summed E-state index contributed by atoms with van der Waals surface area (Å²) in [7, 11) is -3.95. The van der Waals surface area contributed by atoms with Crippen molar-refractivity contribution < 1.29 is 13.2 Å². The fourth-order valence-electron chi connectivity index (χ4n) is 3.72. The van der Waals surface area contributed by atoms with Crippen LogP contribution in [0.15, 0.2) is 113 Å². The summed E-state index contributed by atoms with van der Waals surface area (Å²) >= 11 is 1.74. The Kier molecular flexibility index (Phi) is 8.13. The molecule has 7 heteroatoms. The normalized spacial score (nSPS) is 11.2. The lowest BCUT2D eigenvalue weighted by atomic mass is 10.1. The Balaban J connectivity index is 1.50. The Hall–Kier alpha value is -3.55. The fourth-order valence-corrected chi connectivity index (χ4v) is 6.10. The SMILES string of the molecule is Cc1cccc(N(CC(=O)Nc2ccc(CSc3ccccc3)cc2)S(=O)(=O)c2ccccc2)c1C. The number of rotatable bonds is 9. The van der Waals surface area contributed by atoms with Gasteiger partial charge in [0.1, 0.15) is 6.54 Å². The van der Waals surface area contributed by atoms with E-state index in [9.17, 15) is 13.2 Å². The van der Waals surface area contributed by atoms with Crippen LogP contribution in [-0.2, 0) is 20.6 Å². The summed E-state index contributed by atoms with van der Waals surface area (Å²) in [6.07, 6.45) is 0. The number of aryl methyl sites for hydroxylation is 1. The molecule has 0 unspecified atom stereocenters. The number of hydrogen-bond donors (Lipinski definition) is 1. The summed E-state index contributed by atoms with van der Waals surface area (Å²) in [5.74, 6) is 0.398. The van der Waals surface area contributed by atoms with Gasteiger partial charge < -0.3 is 5.32 Å². The first kappa shape index (κ1) is 25.5. The quantitative estimate of drug-likeness (QED) is 0.260. The van der Waals surface area contributed by atoms with Gasteiger partial charge in [-0.15, -0.1) is 11.8 Å². The average Bonchev–Trinajstić information content (AvgIpc) is 2.90. The Morgan fingerprint density at radius 2 is 1.44 bits per heavy atom. The molecule has 0 aliphatic heterocycles. The van der Waals surface area contributed by atoms with Crippen molar-refractivity contribution in [1.29, 1.82) is 0 Å². The second-order valence-electron chi connectivity index (χ2n) is 8.39. The van der Waals surface area contributed by atoms with Gasteiger partial charge in [0.25, 0.3) is 10.0 Å². The van der Waals surface area contributed by atoms with Crippen LogP contribution in [0, 0.1) is 13.8 Å². The van der Waals surface area contributed by atoms with Crippen LogP contribution in [0.1, 0.15) is 16.7 Å². The van der Waals surface area contributed by atoms with E-state index < -0.39 is 15.9 Å². The predicted molar refractivity (Wildman–Crippen MR) is 148 cm³/mol. The first-order valence-corrected chi connectivity index (χ1v) is 14.0. The smallest absolute Gasteiger partial charge is 0.264 e. The van der Waals surface area contributed by atoms with E-state index in [2.05, 4.69) is 17.4 Å². The van der Waals surface area contributed by atoms with Crippen LogP contribution >= 0.6 is 11.8 Å². The van der Waals surface area contributed by atoms with Gasteiger partial charge in [0, 0.05) is 16.3 Å². The molecule has 1 N–H and O–H groups in total. The zero-order chi connectivity index (χ0) is 25.5. The number of amides is 1. The first-order valence-electron chi connectivity index (χ1n) is 11.6. The minimum atomic E-state index is -3.95. The van der Waals surface area contributed by atoms with Crippen molar-refractivity contribution in [2.45, 2.75) is 29.4 Å². The van der Waals surface area contributed by atoms with E-state index in [1.54, 1.807) is 42.1 Å². The Bertz CT molecular complexity index is 1420. The van der Waals surface area contributed by atoms with Crippen molar-refractivity contribution >= 4 is 39.1 Å². The molecule has 0 radical (unpaired) electrons. The van der Waals surface area contributed by atoms with Crippen molar-refractivity contribution in [2.24, 2.45) is 0 Å². The van der Waals surface area contributed by atoms with Gasteiger partial charge in [-0.05, 0) is 73.0 Å². The largest absolute Gasteiger partial charge is 0.325 e. The first-order chi connectivity index (χ1) is 17.3. The third-order valence-corrected chi connectivity index (χ3v) is 8.71. The number of anilines is 2. The van der Waals surface area contributed by atoms with E-state index in [1.165, 1.54) is 21.3 Å². The van der Waals surface area contributed by atoms with E-state index in [-0.39, 0.29) is 11.4 Å². The number of nitrogens with one attached hydrogen (secondary N) is 1. The van der Waals surface area contributed by atoms with Gasteiger partial charge >= 0.3 is 0 Å². The minimum Gasteiger partial charge on any atom is -0.325 e. The summed E-state index contributed by atoms with van der Waals surface area (Å²) in [5.41, 5.74) is 3.99. The Labute approximate surface area is 217 Å². The molecule has 4 aromatic rings. The summed E-state index contributed by atoms with van der Waals surface area (Å²) in [5, 5.41) is 2.85. The number of sulfonamides is 1. The molecule has 5 nitrogen and oxygen atoms in total. The molecule has 0 aliphatic carbocycles. The van der Waals surface area contributed by atoms with Crippen LogP contribution in [0.25, 0.3) is 0 Å². The molecule has 0 atom stereocenters. The maximum absolute atomic E-state index is 13.6. The lowest BCUT2D eigenvalue weighted by molar-refractivity contribution is -0.114. The molecule has 0 aliphatic rings. The molecule has 0 spiro atoms. The molecule has 4 aromatic carbocycles. The van der Waals surface area contributed by atoms with E-state index in [0.717, 1.165) is 22.4 Å². The highest BCUT2D eigenvalue weighted by Gasteiger charge is 2.28. The third-order valence-electron chi connectivity index (χ3n) is 5.85. The van der Waals surface area contributed by atoms with Crippen molar-refractivity contribution in [1.82, 2.24) is 0 Å². The number of benzene rings is 4. The van der Waals surface area contributed by atoms with Crippen LogP contribution in [-0.4, -0.2) is 20.9 Å². The minimum absolute atomic E-state index is 0.138. The van der Waals surface area contributed by atoms with Gasteiger partial charge in [0.2, 0.25) is 5.91 Å². The van der Waals surface area contributed by atoms with Crippen molar-refractivity contribution in [3.8, 4) is 0 Å². The zero-order valence-corrected chi connectivity index (χ0v) is 21.9. The number of hydrogen-bond acceptors (Lipinski definition) is 4. The van der Waals surface area contributed by atoms with Crippen LogP contribution < -0.4 is 9.62 Å². The monoisotopic (exact) mass is 516 g/mol. The Morgan fingerprint density at radius 3 is 2.11 bits per heavy atom. The summed E-state index contributed by atoms with van der Waals surface area (Å²) < 4.78 is 28.3. The van der Waals surface area contributed by atoms with Crippen LogP contribution in [0.3, 0.4) is 0 Å². The highest BCUT2D eigenvalue weighted by molar-refractivity contribution is 7.98. The van der Waals surface area contributed by atoms with Gasteiger partial charge in [-0.3, -0.25) is 9.10 Å². The third kappa shape index (κ3) is 6.17. The topological polar surface area (TPSA) is 66.5 Å². The molecule has 0 aromatic heterocycles. The molecule has 0 saturated carbocycles. The van der Waals surface area contributed by atoms with Crippen LogP contribution in [0.2, 0.25) is 0 Å². The molecule has 0 bridgehead atoms. The second-order valence-corrected chi connectivity index (χ2v) is 11.3. The molecule has 0 saturated heterocycles. The molecule has 36 heavy (non-hydrogen) atoms. The molecule has 184 valence electrons. The maximum atomic E-state index is 13.6. The molecule has 0 heterocycles. The number of carbonyl (C=O) groups is 1. The lowest BCUT2D eigenvalue weighted by Crippen LogP contribution is -2.38. The average molecular weight is 517 g/mol. The standard InChI is InChI=1S/C29H28N2O3S2/c1-22-10-9-15-28(23(22)2)31(36(33,34)27-13-7-4-8-14-27)20-29(32)30-25-18-16-24(17-19-25)21-35-26-11-5-3-6-12-26/h3-19H,20-21H2,1-2H3,(H,30,32). The molecular formula is C29H28N2O3S2. The van der Waals surface area contributed by atoms with Crippen LogP contribution in [0.4, 0.5) is 11.4 Å². The number of thioether (sulfide) groups is 1. The zero-order valence-electron chi connectivity index (χ0n) is 20.2. The van der Waals surface area contributed by atoms with E-state index in [4.69, 9.17) is 0 Å². The van der Waals surface area contributed by atoms with E-state index in [0.29, 0.717) is 11.4 Å². The summed E-state index contributed by atoms with van der Waals surface area (Å²) in [4.78, 5) is 14.4. The van der Waals surface area contributed by atoms with E-state index in [1.807, 2.05) is 62.4 Å². The van der Waals surface area contributed by atoms with Gasteiger partial charge in [-0.1, -0.05) is 60.7 Å². The van der Waals surface area contributed by atoms with Crippen LogP contribution in [0.5, 0.6) is 0 Å². The number of nitrogens with zero attached hydrogens (tertiary/aromatic N) is 1. The van der Waals surface area contributed by atoms with E-state index >= 15 is 0 Å². The van der Waals surface area contributed by atoms with Gasteiger partial charge in [-0.25, -0.2) is 8.42 Å². The van der Waals surface area contributed by atoms with Crippen molar-refractivity contribution in [2.75, 3.05) is 16.2 Å². The van der Waals surface area contributed by atoms with Gasteiger partial charge in [-0.2, -0.15) is 0 Å². The highest BCUT2D eigenvalue weighted by atomic mass is 32.2. The summed E-state index contributed by atoms with van der Waals surface area (Å²) in [6, 6.07) is 31.4. The second kappa shape index (κ2) is 11.5. The Morgan fingerprint density at radius 1 is 0.806 bits per heavy atom. The van der Waals surface area contributed by atoms with Crippen molar-refractivity contribution in [3.05, 3.63) is 120 Å². The molecule has 0 fully saturated rings. The highest BCUT2D eigenvalue weighted by Crippen LogP contribution is 2.29. The molecule has 4 rings (SSSR count). The summed E-state index contributed by atoms with van der Waals surface area (Å²) in [6.45, 7) is 3.44. The lowest BCUT2D eigenvalue weighted by Gasteiger charge is -2.26. The van der Waals surface area contributed by atoms with Crippen molar-refractivity contribution in [3.63, 3.8) is 0 Å². The predicted octanol–water partition coefficient (Wildman–Crippen LogP) is 6.43. The molecular weight excluding hydrogens is 488 g/mol.